The summed E-state index contributed by atoms with van der Waals surface area (Å²) in [5.74, 6) is -1.86. The maximum atomic E-state index is 13.3. The van der Waals surface area contributed by atoms with Crippen LogP contribution in [-0.2, 0) is 14.3 Å². The molecule has 0 spiro atoms. The Morgan fingerprint density at radius 2 is 1.65 bits per heavy atom. The van der Waals surface area contributed by atoms with Gasteiger partial charge in [0.1, 0.15) is 5.69 Å². The molecular formula is C24H32F2N4O4. The SMILES string of the molecule is CC(=O)O.COC1CCC(C)O1.Cc1ccnc(F)c1-n1cccc1.Cc1ccnc(F)c1N. The monoisotopic (exact) mass is 478 g/mol. The molecule has 1 aliphatic rings. The Morgan fingerprint density at radius 3 is 2.03 bits per heavy atom. The number of hydrogen-bond donors (Lipinski definition) is 2. The van der Waals surface area contributed by atoms with E-state index in [0.29, 0.717) is 11.8 Å². The molecule has 2 atom stereocenters. The maximum Gasteiger partial charge on any atom is 0.300 e. The number of nitrogen functional groups attached to an aromatic ring is 1. The quantitative estimate of drug-likeness (QED) is 0.514. The van der Waals surface area contributed by atoms with Crippen LogP contribution >= 0.6 is 0 Å². The molecule has 186 valence electrons. The van der Waals surface area contributed by atoms with Gasteiger partial charge in [0.2, 0.25) is 11.9 Å². The van der Waals surface area contributed by atoms with Crippen LogP contribution in [0.5, 0.6) is 0 Å². The maximum absolute atomic E-state index is 13.3. The van der Waals surface area contributed by atoms with Crippen LogP contribution in [0, 0.1) is 25.7 Å². The minimum absolute atomic E-state index is 0.0741. The van der Waals surface area contributed by atoms with Crippen molar-refractivity contribution in [3.05, 3.63) is 72.1 Å². The number of ether oxygens (including phenoxy) is 2. The van der Waals surface area contributed by atoms with Crippen LogP contribution in [0.2, 0.25) is 0 Å². The van der Waals surface area contributed by atoms with Crippen LogP contribution in [0.4, 0.5) is 14.5 Å². The molecule has 2 unspecified atom stereocenters. The number of hydrogen-bond acceptors (Lipinski definition) is 6. The fraction of sp³-hybridized carbons (Fsp3) is 0.375. The highest BCUT2D eigenvalue weighted by atomic mass is 19.1. The second kappa shape index (κ2) is 14.7. The second-order valence-corrected chi connectivity index (χ2v) is 7.40. The van der Waals surface area contributed by atoms with Gasteiger partial charge in [-0.05, 0) is 62.6 Å². The average Bonchev–Trinajstić information content (AvgIpc) is 3.44. The molecule has 4 rings (SSSR count). The summed E-state index contributed by atoms with van der Waals surface area (Å²) in [6.45, 7) is 6.75. The van der Waals surface area contributed by atoms with Crippen LogP contribution in [0.1, 0.15) is 37.8 Å². The smallest absolute Gasteiger partial charge is 0.300 e. The Morgan fingerprint density at radius 1 is 1.12 bits per heavy atom. The fourth-order valence-electron chi connectivity index (χ4n) is 2.79. The average molecular weight is 479 g/mol. The van der Waals surface area contributed by atoms with E-state index in [1.807, 2.05) is 19.1 Å². The van der Waals surface area contributed by atoms with Crippen molar-refractivity contribution < 1.29 is 28.2 Å². The molecule has 0 saturated carbocycles. The first kappa shape index (κ1) is 28.7. The lowest BCUT2D eigenvalue weighted by Gasteiger charge is -2.06. The summed E-state index contributed by atoms with van der Waals surface area (Å²) in [5, 5.41) is 7.42. The fourth-order valence-corrected chi connectivity index (χ4v) is 2.79. The first-order valence-electron chi connectivity index (χ1n) is 10.6. The molecule has 3 N–H and O–H groups in total. The summed E-state index contributed by atoms with van der Waals surface area (Å²) in [7, 11) is 1.68. The zero-order chi connectivity index (χ0) is 25.7. The summed E-state index contributed by atoms with van der Waals surface area (Å²) in [6.07, 6.45) is 9.12. The molecule has 10 heteroatoms. The zero-order valence-corrected chi connectivity index (χ0v) is 20.0. The van der Waals surface area contributed by atoms with Gasteiger partial charge in [0, 0.05) is 45.2 Å². The number of pyridine rings is 2. The summed E-state index contributed by atoms with van der Waals surface area (Å²) in [4.78, 5) is 16.0. The molecule has 4 heterocycles. The van der Waals surface area contributed by atoms with Gasteiger partial charge in [-0.15, -0.1) is 0 Å². The predicted molar refractivity (Wildman–Crippen MR) is 125 cm³/mol. The van der Waals surface area contributed by atoms with E-state index in [0.717, 1.165) is 30.9 Å². The molecule has 1 fully saturated rings. The molecule has 8 nitrogen and oxygen atoms in total. The molecule has 0 aliphatic carbocycles. The molecule has 0 amide bonds. The molecule has 3 aromatic heterocycles. The molecular weight excluding hydrogens is 446 g/mol. The lowest BCUT2D eigenvalue weighted by atomic mass is 10.2. The summed E-state index contributed by atoms with van der Waals surface area (Å²) < 4.78 is 37.6. The summed E-state index contributed by atoms with van der Waals surface area (Å²) >= 11 is 0. The van der Waals surface area contributed by atoms with Crippen LogP contribution in [-0.4, -0.2) is 45.1 Å². The third-order valence-corrected chi connectivity index (χ3v) is 4.56. The third-order valence-electron chi connectivity index (χ3n) is 4.56. The normalized spacial score (nSPS) is 16.2. The Labute approximate surface area is 198 Å². The molecule has 0 radical (unpaired) electrons. The number of aliphatic carboxylic acids is 1. The van der Waals surface area contributed by atoms with Crippen molar-refractivity contribution in [2.24, 2.45) is 0 Å². The number of nitrogens with two attached hydrogens (primary N) is 1. The number of carboxylic acids is 1. The molecule has 34 heavy (non-hydrogen) atoms. The molecule has 0 aromatic carbocycles. The highest BCUT2D eigenvalue weighted by Gasteiger charge is 2.20. The van der Waals surface area contributed by atoms with Crippen molar-refractivity contribution in [3.63, 3.8) is 0 Å². The van der Waals surface area contributed by atoms with Gasteiger partial charge in [0.05, 0.1) is 11.8 Å². The Hall–Kier alpha value is -3.37. The van der Waals surface area contributed by atoms with Gasteiger partial charge >= 0.3 is 0 Å². The molecule has 1 aliphatic heterocycles. The van der Waals surface area contributed by atoms with E-state index < -0.39 is 17.9 Å². The summed E-state index contributed by atoms with van der Waals surface area (Å²) in [5.41, 5.74) is 7.50. The van der Waals surface area contributed by atoms with Gasteiger partial charge in [-0.3, -0.25) is 4.79 Å². The van der Waals surface area contributed by atoms with E-state index in [9.17, 15) is 8.78 Å². The van der Waals surface area contributed by atoms with E-state index in [-0.39, 0.29) is 12.0 Å². The van der Waals surface area contributed by atoms with E-state index in [2.05, 4.69) is 16.9 Å². The van der Waals surface area contributed by atoms with Gasteiger partial charge in [-0.2, -0.15) is 8.78 Å². The number of aromatic nitrogens is 3. The van der Waals surface area contributed by atoms with Crippen molar-refractivity contribution in [2.75, 3.05) is 12.8 Å². The Bertz CT molecular complexity index is 972. The van der Waals surface area contributed by atoms with Gasteiger partial charge in [-0.1, -0.05) is 0 Å². The highest BCUT2D eigenvalue weighted by molar-refractivity contribution is 5.62. The number of carboxylic acid groups (broad SMARTS) is 1. The first-order chi connectivity index (χ1) is 16.1. The molecule has 3 aromatic rings. The molecule has 1 saturated heterocycles. The van der Waals surface area contributed by atoms with Crippen molar-refractivity contribution in [2.45, 2.75) is 52.9 Å². The Kier molecular flexibility index (Phi) is 12.4. The van der Waals surface area contributed by atoms with E-state index in [4.69, 9.17) is 25.1 Å². The van der Waals surface area contributed by atoms with Crippen molar-refractivity contribution in [1.29, 1.82) is 0 Å². The number of rotatable bonds is 2. The predicted octanol–water partition coefficient (Wildman–Crippen LogP) is 4.68. The Balaban J connectivity index is 0.000000244. The third kappa shape index (κ3) is 10.1. The van der Waals surface area contributed by atoms with Crippen molar-refractivity contribution in [1.82, 2.24) is 14.5 Å². The van der Waals surface area contributed by atoms with E-state index in [1.165, 1.54) is 12.4 Å². The largest absolute Gasteiger partial charge is 0.481 e. The van der Waals surface area contributed by atoms with Gasteiger partial charge in [0.25, 0.3) is 5.97 Å². The summed E-state index contributed by atoms with van der Waals surface area (Å²) in [6, 6.07) is 7.16. The van der Waals surface area contributed by atoms with Crippen molar-refractivity contribution in [3.8, 4) is 5.69 Å². The van der Waals surface area contributed by atoms with Crippen LogP contribution < -0.4 is 5.73 Å². The topological polar surface area (TPSA) is 112 Å². The number of carbonyl (C=O) groups is 1. The highest BCUT2D eigenvalue weighted by Crippen LogP contribution is 2.18. The standard InChI is InChI=1S/C10H9FN2.C6H7FN2.C6H12O2.C2H4O2/c1-8-4-5-12-10(11)9(8)13-6-2-3-7-13;1-4-2-3-9-6(7)5(4)8;1-5-3-4-6(7-2)8-5;1-2(3)4/h2-7H,1H3;2-3H,8H2,1H3;5-6H,3-4H2,1-2H3;1H3,(H,3,4). The van der Waals surface area contributed by atoms with Gasteiger partial charge < -0.3 is 24.9 Å². The van der Waals surface area contributed by atoms with E-state index in [1.54, 1.807) is 43.1 Å². The van der Waals surface area contributed by atoms with Crippen LogP contribution in [0.25, 0.3) is 5.69 Å². The van der Waals surface area contributed by atoms with Gasteiger partial charge in [0.15, 0.2) is 6.29 Å². The van der Waals surface area contributed by atoms with Gasteiger partial charge in [-0.25, -0.2) is 9.97 Å². The number of aryl methyl sites for hydroxylation is 2. The van der Waals surface area contributed by atoms with Crippen molar-refractivity contribution >= 4 is 11.7 Å². The van der Waals surface area contributed by atoms with Crippen LogP contribution in [0.15, 0.2) is 49.1 Å². The number of methoxy groups -OCH3 is 1. The minimum atomic E-state index is -0.833. The first-order valence-corrected chi connectivity index (χ1v) is 10.6. The number of anilines is 1. The minimum Gasteiger partial charge on any atom is -0.481 e. The van der Waals surface area contributed by atoms with Crippen LogP contribution in [0.3, 0.4) is 0 Å². The second-order valence-electron chi connectivity index (χ2n) is 7.40. The lowest BCUT2D eigenvalue weighted by Crippen LogP contribution is -2.09. The zero-order valence-electron chi connectivity index (χ0n) is 20.0. The molecule has 0 bridgehead atoms. The van der Waals surface area contributed by atoms with E-state index >= 15 is 0 Å². The number of nitrogens with zero attached hydrogens (tertiary/aromatic N) is 3. The number of halogens is 2. The lowest BCUT2D eigenvalue weighted by molar-refractivity contribution is -0.134.